The zero-order valence-corrected chi connectivity index (χ0v) is 54.3. The van der Waals surface area contributed by atoms with Gasteiger partial charge in [-0.2, -0.15) is 0 Å². The van der Waals surface area contributed by atoms with Crippen LogP contribution in [-0.4, -0.2) is 140 Å². The van der Waals surface area contributed by atoms with Gasteiger partial charge < -0.3 is 65.1 Å². The van der Waals surface area contributed by atoms with Crippen LogP contribution < -0.4 is 5.32 Å². The van der Waals surface area contributed by atoms with E-state index in [2.05, 4.69) is 79.9 Å². The smallest absolute Gasteiger partial charge is 0.220 e. The summed E-state index contributed by atoms with van der Waals surface area (Å²) in [5, 5.41) is 87.3. The van der Waals surface area contributed by atoms with Crippen LogP contribution in [0.3, 0.4) is 0 Å². The highest BCUT2D eigenvalue weighted by Crippen LogP contribution is 2.30. The van der Waals surface area contributed by atoms with Gasteiger partial charge in [-0.1, -0.05) is 286 Å². The zero-order chi connectivity index (χ0) is 62.3. The standard InChI is InChI=1S/C72H129NO13/c1-3-5-7-9-11-13-15-17-19-20-21-22-23-24-25-26-27-28-29-30-31-32-33-34-35-36-37-38-39-40-42-44-46-48-50-52-54-56-64(77)73-60(61(76)55-53-51-49-47-45-43-41-18-16-14-12-10-8-6-4-2)59-83-71-69(82)67(80)70(63(58-75)85-71)86-72-68(81)66(79)65(78)62(57-74)84-72/h5,7,11,13,17,19,21-22,24-25,53,55,60-63,65-72,74-76,78-82H,3-4,6,8-10,12,14-16,18,20,23,26-52,54,56-59H2,1-2H3,(H,73,77)/b7-5-,13-11-,19-17-,22-21-,25-24-,55-53+. The first-order valence-corrected chi connectivity index (χ1v) is 35.2. The number of ether oxygens (including phenoxy) is 4. The monoisotopic (exact) mass is 1220 g/mol. The molecule has 2 heterocycles. The van der Waals surface area contributed by atoms with Crippen molar-refractivity contribution in [2.75, 3.05) is 19.8 Å². The van der Waals surface area contributed by atoms with E-state index in [0.29, 0.717) is 6.42 Å². The van der Waals surface area contributed by atoms with Gasteiger partial charge in [0.15, 0.2) is 12.6 Å². The van der Waals surface area contributed by atoms with Gasteiger partial charge in [-0.15, -0.1) is 0 Å². The minimum absolute atomic E-state index is 0.237. The Morgan fingerprint density at radius 2 is 0.802 bits per heavy atom. The van der Waals surface area contributed by atoms with Crippen molar-refractivity contribution in [1.82, 2.24) is 5.32 Å². The van der Waals surface area contributed by atoms with E-state index in [1.54, 1.807) is 6.08 Å². The molecular weight excluding hydrogens is 1090 g/mol. The van der Waals surface area contributed by atoms with Gasteiger partial charge in [0.25, 0.3) is 0 Å². The number of hydrogen-bond donors (Lipinski definition) is 9. The predicted octanol–water partition coefficient (Wildman–Crippen LogP) is 14.2. The van der Waals surface area contributed by atoms with Gasteiger partial charge in [0.2, 0.25) is 5.91 Å². The number of unbranched alkanes of at least 4 members (excludes halogenated alkanes) is 34. The maximum atomic E-state index is 13.3. The van der Waals surface area contributed by atoms with Crippen LogP contribution in [0.1, 0.15) is 284 Å². The molecule has 0 spiro atoms. The van der Waals surface area contributed by atoms with Crippen molar-refractivity contribution in [2.24, 2.45) is 0 Å². The van der Waals surface area contributed by atoms with Crippen LogP contribution >= 0.6 is 0 Å². The Bertz CT molecular complexity index is 1720. The molecular formula is C72H129NO13. The largest absolute Gasteiger partial charge is 0.394 e. The molecule has 0 radical (unpaired) electrons. The normalized spacial score (nSPS) is 23.8. The van der Waals surface area contributed by atoms with Crippen LogP contribution in [0.15, 0.2) is 72.9 Å². The van der Waals surface area contributed by atoms with Gasteiger partial charge in [-0.05, 0) is 64.2 Å². The zero-order valence-electron chi connectivity index (χ0n) is 54.3. The van der Waals surface area contributed by atoms with Crippen molar-refractivity contribution in [3.05, 3.63) is 72.9 Å². The van der Waals surface area contributed by atoms with E-state index < -0.39 is 86.8 Å². The lowest BCUT2D eigenvalue weighted by molar-refractivity contribution is -0.359. The second-order valence-electron chi connectivity index (χ2n) is 24.6. The Morgan fingerprint density at radius 1 is 0.430 bits per heavy atom. The first-order chi connectivity index (χ1) is 42.1. The van der Waals surface area contributed by atoms with E-state index >= 15 is 0 Å². The number of amides is 1. The number of allylic oxidation sites excluding steroid dienone is 11. The van der Waals surface area contributed by atoms with Crippen molar-refractivity contribution in [1.29, 1.82) is 0 Å². The molecule has 500 valence electrons. The minimum atomic E-state index is -1.79. The van der Waals surface area contributed by atoms with Crippen molar-refractivity contribution in [3.63, 3.8) is 0 Å². The second-order valence-corrected chi connectivity index (χ2v) is 24.6. The summed E-state index contributed by atoms with van der Waals surface area (Å²) >= 11 is 0. The van der Waals surface area contributed by atoms with Crippen LogP contribution in [0, 0.1) is 0 Å². The maximum Gasteiger partial charge on any atom is 0.220 e. The Morgan fingerprint density at radius 3 is 1.23 bits per heavy atom. The Balaban J connectivity index is 1.59. The number of rotatable bonds is 57. The lowest BCUT2D eigenvalue weighted by Gasteiger charge is -2.46. The predicted molar refractivity (Wildman–Crippen MR) is 350 cm³/mol. The number of carbonyl (C=O) groups excluding carboxylic acids is 1. The van der Waals surface area contributed by atoms with Crippen molar-refractivity contribution >= 4 is 5.91 Å². The van der Waals surface area contributed by atoms with Gasteiger partial charge in [-0.25, -0.2) is 0 Å². The van der Waals surface area contributed by atoms with Gasteiger partial charge in [0.1, 0.15) is 48.8 Å². The number of hydrogen-bond acceptors (Lipinski definition) is 13. The van der Waals surface area contributed by atoms with E-state index in [4.69, 9.17) is 18.9 Å². The van der Waals surface area contributed by atoms with Crippen molar-refractivity contribution < 1.29 is 64.6 Å². The Labute approximate surface area is 523 Å². The molecule has 12 atom stereocenters. The third kappa shape index (κ3) is 40.2. The molecule has 12 unspecified atom stereocenters. The minimum Gasteiger partial charge on any atom is -0.394 e. The van der Waals surface area contributed by atoms with Crippen LogP contribution in [0.2, 0.25) is 0 Å². The first kappa shape index (κ1) is 79.5. The lowest BCUT2D eigenvalue weighted by atomic mass is 9.97. The molecule has 2 rings (SSSR count). The summed E-state index contributed by atoms with van der Waals surface area (Å²) in [5.41, 5.74) is 0. The van der Waals surface area contributed by atoms with Crippen molar-refractivity contribution in [2.45, 2.75) is 357 Å². The summed E-state index contributed by atoms with van der Waals surface area (Å²) in [6, 6.07) is -0.915. The fraction of sp³-hybridized carbons (Fsp3) is 0.819. The highest BCUT2D eigenvalue weighted by Gasteiger charge is 2.51. The van der Waals surface area contributed by atoms with Gasteiger partial charge in [0.05, 0.1) is 32.0 Å². The fourth-order valence-corrected chi connectivity index (χ4v) is 11.3. The summed E-state index contributed by atoms with van der Waals surface area (Å²) in [4.78, 5) is 13.3. The second kappa shape index (κ2) is 56.4. The average molecular weight is 1220 g/mol. The van der Waals surface area contributed by atoms with Gasteiger partial charge in [0, 0.05) is 6.42 Å². The summed E-state index contributed by atoms with van der Waals surface area (Å²) in [5.74, 6) is -0.237. The summed E-state index contributed by atoms with van der Waals surface area (Å²) in [6.07, 6.45) is 59.7. The van der Waals surface area contributed by atoms with E-state index in [9.17, 15) is 45.6 Å². The van der Waals surface area contributed by atoms with Crippen LogP contribution in [0.25, 0.3) is 0 Å². The third-order valence-corrected chi connectivity index (χ3v) is 16.9. The fourth-order valence-electron chi connectivity index (χ4n) is 11.3. The molecule has 2 saturated heterocycles. The van der Waals surface area contributed by atoms with E-state index in [0.717, 1.165) is 70.6 Å². The molecule has 0 bridgehead atoms. The molecule has 0 aromatic heterocycles. The van der Waals surface area contributed by atoms with Gasteiger partial charge >= 0.3 is 0 Å². The molecule has 1 amide bonds. The molecule has 86 heavy (non-hydrogen) atoms. The molecule has 14 heteroatoms. The number of aliphatic hydroxyl groups excluding tert-OH is 8. The third-order valence-electron chi connectivity index (χ3n) is 16.9. The van der Waals surface area contributed by atoms with Crippen LogP contribution in [0.4, 0.5) is 0 Å². The quantitative estimate of drug-likeness (QED) is 0.0204. The van der Waals surface area contributed by atoms with E-state index in [1.165, 1.54) is 186 Å². The highest BCUT2D eigenvalue weighted by atomic mass is 16.7. The Hall–Kier alpha value is -2.57. The summed E-state index contributed by atoms with van der Waals surface area (Å²) in [7, 11) is 0. The summed E-state index contributed by atoms with van der Waals surface area (Å²) < 4.78 is 22.8. The molecule has 14 nitrogen and oxygen atoms in total. The number of aliphatic hydroxyl groups is 8. The van der Waals surface area contributed by atoms with Crippen LogP contribution in [0.5, 0.6) is 0 Å². The lowest BCUT2D eigenvalue weighted by Crippen LogP contribution is -2.65. The first-order valence-electron chi connectivity index (χ1n) is 35.2. The SMILES string of the molecule is CC/C=C\C/C=C\C/C=C\C/C=C\C/C=C\CCCCCCCCCCCCCCCCCCCCCCCC(=O)NC(COC1OC(CO)C(OC2OC(CO)C(O)C(O)C2O)C(O)C1O)C(O)/C=C/CCCCCCCCCCCCCCC. The molecule has 9 N–H and O–H groups in total. The van der Waals surface area contributed by atoms with Crippen molar-refractivity contribution in [3.8, 4) is 0 Å². The molecule has 2 fully saturated rings. The van der Waals surface area contributed by atoms with E-state index in [1.807, 2.05) is 6.08 Å². The van der Waals surface area contributed by atoms with Gasteiger partial charge in [-0.3, -0.25) is 4.79 Å². The molecule has 0 aromatic rings. The maximum absolute atomic E-state index is 13.3. The molecule has 0 aromatic carbocycles. The molecule has 0 saturated carbocycles. The van der Waals surface area contributed by atoms with Crippen LogP contribution in [-0.2, 0) is 23.7 Å². The Kier molecular flexibility index (Phi) is 52.2. The summed E-state index contributed by atoms with van der Waals surface area (Å²) in [6.45, 7) is 2.70. The molecule has 0 aliphatic carbocycles. The number of nitrogens with one attached hydrogen (secondary N) is 1. The average Bonchev–Trinajstić information content (AvgIpc) is 1.83. The topological polar surface area (TPSA) is 228 Å². The highest BCUT2D eigenvalue weighted by molar-refractivity contribution is 5.76. The molecule has 2 aliphatic heterocycles. The van der Waals surface area contributed by atoms with E-state index in [-0.39, 0.29) is 18.9 Å². The molecule has 2 aliphatic rings. The number of carbonyl (C=O) groups is 1.